The van der Waals surface area contributed by atoms with E-state index < -0.39 is 0 Å². The molecule has 4 atom stereocenters. The lowest BCUT2D eigenvalue weighted by Crippen LogP contribution is -2.51. The van der Waals surface area contributed by atoms with Crippen LogP contribution in [0.2, 0.25) is 0 Å². The van der Waals surface area contributed by atoms with Crippen LogP contribution in [0.1, 0.15) is 71.6 Å². The van der Waals surface area contributed by atoms with Crippen molar-refractivity contribution in [3.63, 3.8) is 0 Å². The van der Waals surface area contributed by atoms with Gasteiger partial charge in [0.1, 0.15) is 0 Å². The minimum absolute atomic E-state index is 0.698. The largest absolute Gasteiger partial charge is 0.306 e. The number of rotatable bonds is 1. The van der Waals surface area contributed by atoms with E-state index in [0.717, 1.165) is 23.7 Å². The summed E-state index contributed by atoms with van der Waals surface area (Å²) in [6.45, 7) is 10.5. The van der Waals surface area contributed by atoms with Crippen molar-refractivity contribution >= 4 is 0 Å². The molecule has 2 heterocycles. The first-order chi connectivity index (χ1) is 11.9. The minimum Gasteiger partial charge on any atom is -0.306 e. The van der Waals surface area contributed by atoms with Crippen LogP contribution in [0.4, 0.5) is 0 Å². The average molecular weight is 347 g/mol. The molecule has 2 heteroatoms. The summed E-state index contributed by atoms with van der Waals surface area (Å²) in [6, 6.07) is 0. The SMILES string of the molecule is C[C@@H]1CCC2(CCN(C)CC2)C(C2C[C@@H](C)CC23CCN(C)CC3)C1. The van der Waals surface area contributed by atoms with Crippen LogP contribution in [-0.2, 0) is 0 Å². The van der Waals surface area contributed by atoms with Crippen LogP contribution in [0, 0.1) is 34.5 Å². The fourth-order valence-corrected chi connectivity index (χ4v) is 7.64. The predicted octanol–water partition coefficient (Wildman–Crippen LogP) is 4.89. The zero-order valence-electron chi connectivity index (χ0n) is 17.4. The topological polar surface area (TPSA) is 6.48 Å². The second-order valence-corrected chi connectivity index (χ2v) is 11.0. The first-order valence-corrected chi connectivity index (χ1v) is 11.3. The molecule has 0 bridgehead atoms. The molecule has 0 radical (unpaired) electrons. The van der Waals surface area contributed by atoms with Crippen LogP contribution in [0.15, 0.2) is 0 Å². The Bertz CT molecular complexity index is 448. The summed E-state index contributed by atoms with van der Waals surface area (Å²) < 4.78 is 0. The molecule has 2 unspecified atom stereocenters. The molecule has 0 N–H and O–H groups in total. The van der Waals surface area contributed by atoms with Gasteiger partial charge in [-0.25, -0.2) is 0 Å². The second kappa shape index (κ2) is 6.82. The molecule has 2 saturated heterocycles. The van der Waals surface area contributed by atoms with Crippen molar-refractivity contribution in [3.05, 3.63) is 0 Å². The van der Waals surface area contributed by atoms with E-state index in [0.29, 0.717) is 10.8 Å². The third kappa shape index (κ3) is 3.31. The molecule has 2 spiro atoms. The third-order valence-corrected chi connectivity index (χ3v) is 9.23. The Morgan fingerprint density at radius 3 is 1.72 bits per heavy atom. The molecule has 0 aromatic rings. The maximum absolute atomic E-state index is 2.59. The first-order valence-electron chi connectivity index (χ1n) is 11.3. The number of nitrogens with zero attached hydrogens (tertiary/aromatic N) is 2. The van der Waals surface area contributed by atoms with Crippen molar-refractivity contribution in [1.29, 1.82) is 0 Å². The highest BCUT2D eigenvalue weighted by atomic mass is 15.1. The summed E-state index contributed by atoms with van der Waals surface area (Å²) in [5, 5.41) is 0. The molecule has 2 aliphatic carbocycles. The number of hydrogen-bond donors (Lipinski definition) is 0. The van der Waals surface area contributed by atoms with Crippen molar-refractivity contribution in [2.24, 2.45) is 34.5 Å². The molecule has 144 valence electrons. The molecule has 0 amide bonds. The zero-order valence-corrected chi connectivity index (χ0v) is 17.4. The number of hydrogen-bond acceptors (Lipinski definition) is 2. The standard InChI is InChI=1S/C23H42N2/c1-18-5-6-22(7-11-24(3)12-8-22)20(15-18)21-16-19(2)17-23(21)9-13-25(4)14-10-23/h18-21H,5-17H2,1-4H3/t18-,19-,20?,21?/m1/s1. The molecule has 2 saturated carbocycles. The highest BCUT2D eigenvalue weighted by Crippen LogP contribution is 2.63. The van der Waals surface area contributed by atoms with Crippen LogP contribution in [0.3, 0.4) is 0 Å². The lowest BCUT2D eigenvalue weighted by Gasteiger charge is -2.56. The summed E-state index contributed by atoms with van der Waals surface area (Å²) in [4.78, 5) is 5.17. The van der Waals surface area contributed by atoms with E-state index in [-0.39, 0.29) is 0 Å². The van der Waals surface area contributed by atoms with Gasteiger partial charge in [-0.3, -0.25) is 0 Å². The maximum Gasteiger partial charge on any atom is -0.00164 e. The lowest BCUT2D eigenvalue weighted by molar-refractivity contribution is -0.0663. The lowest BCUT2D eigenvalue weighted by atomic mass is 9.51. The van der Waals surface area contributed by atoms with Crippen molar-refractivity contribution in [1.82, 2.24) is 9.80 Å². The molecular weight excluding hydrogens is 304 g/mol. The quantitative estimate of drug-likeness (QED) is 0.667. The Kier molecular flexibility index (Phi) is 4.99. The van der Waals surface area contributed by atoms with E-state index in [1.54, 1.807) is 12.8 Å². The van der Waals surface area contributed by atoms with Crippen molar-refractivity contribution in [3.8, 4) is 0 Å². The fourth-order valence-electron chi connectivity index (χ4n) is 7.64. The van der Waals surface area contributed by atoms with Crippen LogP contribution < -0.4 is 0 Å². The smallest absolute Gasteiger partial charge is 0.00164 e. The average Bonchev–Trinajstić information content (AvgIpc) is 2.91. The third-order valence-electron chi connectivity index (χ3n) is 9.23. The Morgan fingerprint density at radius 2 is 1.12 bits per heavy atom. The predicted molar refractivity (Wildman–Crippen MR) is 107 cm³/mol. The van der Waals surface area contributed by atoms with Crippen LogP contribution in [0.25, 0.3) is 0 Å². The molecule has 0 aromatic heterocycles. The second-order valence-electron chi connectivity index (χ2n) is 11.0. The Morgan fingerprint density at radius 1 is 0.640 bits per heavy atom. The van der Waals surface area contributed by atoms with Crippen molar-refractivity contribution < 1.29 is 0 Å². The molecule has 4 fully saturated rings. The highest BCUT2D eigenvalue weighted by Gasteiger charge is 2.56. The van der Waals surface area contributed by atoms with Crippen molar-refractivity contribution in [2.75, 3.05) is 40.3 Å². The molecule has 0 aromatic carbocycles. The normalized spacial score (nSPS) is 42.2. The van der Waals surface area contributed by atoms with Gasteiger partial charge in [-0.2, -0.15) is 0 Å². The monoisotopic (exact) mass is 346 g/mol. The Labute approximate surface area is 156 Å². The van der Waals surface area contributed by atoms with Gasteiger partial charge >= 0.3 is 0 Å². The van der Waals surface area contributed by atoms with Gasteiger partial charge in [-0.1, -0.05) is 20.3 Å². The van der Waals surface area contributed by atoms with Gasteiger partial charge in [0, 0.05) is 0 Å². The zero-order chi connectivity index (χ0) is 17.7. The maximum atomic E-state index is 2.59. The molecule has 4 aliphatic rings. The molecule has 25 heavy (non-hydrogen) atoms. The fraction of sp³-hybridized carbons (Fsp3) is 1.00. The van der Waals surface area contributed by atoms with E-state index in [1.807, 2.05) is 0 Å². The van der Waals surface area contributed by atoms with Gasteiger partial charge in [0.05, 0.1) is 0 Å². The van der Waals surface area contributed by atoms with E-state index in [4.69, 9.17) is 0 Å². The van der Waals surface area contributed by atoms with Gasteiger partial charge in [-0.15, -0.1) is 0 Å². The van der Waals surface area contributed by atoms with Gasteiger partial charge < -0.3 is 9.80 Å². The Hall–Kier alpha value is -0.0800. The van der Waals surface area contributed by atoms with E-state index in [1.165, 1.54) is 71.1 Å². The minimum atomic E-state index is 0.698. The van der Waals surface area contributed by atoms with Crippen LogP contribution in [0.5, 0.6) is 0 Å². The van der Waals surface area contributed by atoms with E-state index >= 15 is 0 Å². The van der Waals surface area contributed by atoms with Crippen LogP contribution >= 0.6 is 0 Å². The van der Waals surface area contributed by atoms with Gasteiger partial charge in [0.2, 0.25) is 0 Å². The van der Waals surface area contributed by atoms with Crippen LogP contribution in [-0.4, -0.2) is 50.1 Å². The number of piperidine rings is 2. The summed E-state index contributed by atoms with van der Waals surface area (Å²) >= 11 is 0. The summed E-state index contributed by atoms with van der Waals surface area (Å²) in [7, 11) is 4.67. The molecule has 2 aliphatic heterocycles. The van der Waals surface area contributed by atoms with Gasteiger partial charge in [0.25, 0.3) is 0 Å². The van der Waals surface area contributed by atoms with Crippen molar-refractivity contribution in [2.45, 2.75) is 71.6 Å². The van der Waals surface area contributed by atoms with E-state index in [9.17, 15) is 0 Å². The molecular formula is C23H42N2. The summed E-state index contributed by atoms with van der Waals surface area (Å²) in [6.07, 6.45) is 13.6. The highest BCUT2D eigenvalue weighted by molar-refractivity contribution is 5.06. The Balaban J connectivity index is 1.61. The van der Waals surface area contributed by atoms with Gasteiger partial charge in [0.15, 0.2) is 0 Å². The van der Waals surface area contributed by atoms with Gasteiger partial charge in [-0.05, 0) is 126 Å². The molecule has 4 rings (SSSR count). The number of likely N-dealkylation sites (tertiary alicyclic amines) is 2. The molecule has 2 nitrogen and oxygen atoms in total. The van der Waals surface area contributed by atoms with E-state index in [2.05, 4.69) is 37.7 Å². The summed E-state index contributed by atoms with van der Waals surface area (Å²) in [5.41, 5.74) is 1.40. The first kappa shape index (κ1) is 18.3. The summed E-state index contributed by atoms with van der Waals surface area (Å²) in [5.74, 6) is 3.99.